The van der Waals surface area contributed by atoms with Gasteiger partial charge in [0.25, 0.3) is 0 Å². The highest BCUT2D eigenvalue weighted by molar-refractivity contribution is 6.31. The minimum atomic E-state index is 0.694. The Morgan fingerprint density at radius 2 is 2.10 bits per heavy atom. The molecule has 1 aromatic heterocycles. The third-order valence-electron chi connectivity index (χ3n) is 4.18. The fourth-order valence-electron chi connectivity index (χ4n) is 2.79. The van der Waals surface area contributed by atoms with E-state index >= 15 is 0 Å². The van der Waals surface area contributed by atoms with Crippen molar-refractivity contribution < 1.29 is 0 Å². The monoisotopic (exact) mass is 310 g/mol. The van der Waals surface area contributed by atoms with Gasteiger partial charge in [-0.3, -0.25) is 0 Å². The van der Waals surface area contributed by atoms with Crippen molar-refractivity contribution in [3.63, 3.8) is 0 Å². The van der Waals surface area contributed by atoms with Gasteiger partial charge in [-0.15, -0.1) is 0 Å². The van der Waals surface area contributed by atoms with Crippen molar-refractivity contribution >= 4 is 17.4 Å². The fraction of sp³-hybridized carbons (Fsp3) is 0.688. The van der Waals surface area contributed by atoms with Crippen LogP contribution in [0.5, 0.6) is 0 Å². The molecule has 0 radical (unpaired) electrons. The fourth-order valence-corrected chi connectivity index (χ4v) is 2.96. The first-order valence-electron chi connectivity index (χ1n) is 7.88. The molecular formula is C16H27ClN4. The van der Waals surface area contributed by atoms with Crippen molar-refractivity contribution in [3.05, 3.63) is 22.8 Å². The summed E-state index contributed by atoms with van der Waals surface area (Å²) < 4.78 is 0. The first kappa shape index (κ1) is 16.5. The lowest BCUT2D eigenvalue weighted by Crippen LogP contribution is -2.42. The van der Waals surface area contributed by atoms with Crippen molar-refractivity contribution in [1.29, 1.82) is 0 Å². The molecule has 0 aliphatic carbocycles. The average Bonchev–Trinajstić information content (AvgIpc) is 2.49. The second kappa shape index (κ2) is 7.97. The van der Waals surface area contributed by atoms with Crippen LogP contribution in [0.2, 0.25) is 5.02 Å². The maximum absolute atomic E-state index is 6.25. The number of nitrogens with one attached hydrogen (secondary N) is 1. The summed E-state index contributed by atoms with van der Waals surface area (Å²) in [4.78, 5) is 9.21. The molecule has 0 spiro atoms. The smallest absolute Gasteiger partial charge is 0.128 e. The molecule has 1 aliphatic rings. The van der Waals surface area contributed by atoms with Gasteiger partial charge in [-0.1, -0.05) is 18.5 Å². The van der Waals surface area contributed by atoms with E-state index in [4.69, 9.17) is 11.6 Å². The molecule has 21 heavy (non-hydrogen) atoms. The molecule has 0 atom stereocenters. The first-order chi connectivity index (χ1) is 10.1. The normalized spacial score (nSPS) is 16.7. The lowest BCUT2D eigenvalue weighted by Gasteiger charge is -2.36. The lowest BCUT2D eigenvalue weighted by molar-refractivity contribution is 0.249. The van der Waals surface area contributed by atoms with Gasteiger partial charge in [-0.2, -0.15) is 0 Å². The Labute approximate surface area is 133 Å². The highest BCUT2D eigenvalue weighted by Gasteiger charge is 2.21. The van der Waals surface area contributed by atoms with Gasteiger partial charge in [-0.25, -0.2) is 4.98 Å². The number of nitrogens with zero attached hydrogens (tertiary/aromatic N) is 3. The van der Waals surface area contributed by atoms with Crippen LogP contribution in [0.15, 0.2) is 12.3 Å². The summed E-state index contributed by atoms with van der Waals surface area (Å²) >= 11 is 6.25. The molecule has 1 aliphatic heterocycles. The highest BCUT2D eigenvalue weighted by atomic mass is 35.5. The highest BCUT2D eigenvalue weighted by Crippen LogP contribution is 2.24. The number of pyridine rings is 1. The molecule has 1 aromatic rings. The quantitative estimate of drug-likeness (QED) is 0.819. The Morgan fingerprint density at radius 3 is 2.71 bits per heavy atom. The molecule has 1 fully saturated rings. The molecule has 2 rings (SSSR count). The second-order valence-corrected chi connectivity index (χ2v) is 6.40. The summed E-state index contributed by atoms with van der Waals surface area (Å²) in [6.07, 6.45) is 5.31. The van der Waals surface area contributed by atoms with E-state index in [2.05, 4.69) is 47.2 Å². The van der Waals surface area contributed by atoms with Crippen molar-refractivity contribution in [3.8, 4) is 0 Å². The van der Waals surface area contributed by atoms with Crippen LogP contribution in [-0.2, 0) is 6.54 Å². The van der Waals surface area contributed by atoms with E-state index in [1.807, 2.05) is 0 Å². The standard InChI is InChI=1S/C16H27ClN4/c1-4-7-18-11-13-10-16(19-12-15(13)17)21-8-5-14(6-9-21)20(2)3/h10,12,14,18H,4-9,11H2,1-3H3. The van der Waals surface area contributed by atoms with Crippen LogP contribution >= 0.6 is 11.6 Å². The molecule has 0 unspecified atom stereocenters. The second-order valence-electron chi connectivity index (χ2n) is 5.99. The van der Waals surface area contributed by atoms with Crippen molar-refractivity contribution in [2.75, 3.05) is 38.6 Å². The summed E-state index contributed by atoms with van der Waals surface area (Å²) in [6, 6.07) is 2.83. The molecule has 0 bridgehead atoms. The van der Waals surface area contributed by atoms with Crippen molar-refractivity contribution in [2.45, 2.75) is 38.8 Å². The first-order valence-corrected chi connectivity index (χ1v) is 8.26. The van der Waals surface area contributed by atoms with Gasteiger partial charge < -0.3 is 15.1 Å². The molecule has 5 heteroatoms. The topological polar surface area (TPSA) is 31.4 Å². The van der Waals surface area contributed by atoms with Gasteiger partial charge in [0.2, 0.25) is 0 Å². The Bertz CT molecular complexity index is 442. The summed E-state index contributed by atoms with van der Waals surface area (Å²) in [7, 11) is 4.33. The third kappa shape index (κ3) is 4.56. The number of piperidine rings is 1. The van der Waals surface area contributed by atoms with E-state index in [9.17, 15) is 0 Å². The van der Waals surface area contributed by atoms with Crippen molar-refractivity contribution in [2.24, 2.45) is 0 Å². The number of hydrogen-bond acceptors (Lipinski definition) is 4. The minimum Gasteiger partial charge on any atom is -0.356 e. The SMILES string of the molecule is CCCNCc1cc(N2CCC(N(C)C)CC2)ncc1Cl. The Kier molecular flexibility index (Phi) is 6.27. The third-order valence-corrected chi connectivity index (χ3v) is 4.52. The lowest BCUT2D eigenvalue weighted by atomic mass is 10.0. The van der Waals surface area contributed by atoms with Crippen LogP contribution in [0.25, 0.3) is 0 Å². The summed E-state index contributed by atoms with van der Waals surface area (Å²) in [5.41, 5.74) is 1.14. The average molecular weight is 311 g/mol. The summed E-state index contributed by atoms with van der Waals surface area (Å²) in [6.45, 7) is 6.14. The predicted octanol–water partition coefficient (Wildman–Crippen LogP) is 2.77. The van der Waals surface area contributed by atoms with Gasteiger partial charge >= 0.3 is 0 Å². The molecule has 1 saturated heterocycles. The summed E-state index contributed by atoms with van der Waals surface area (Å²) in [5.74, 6) is 1.06. The number of rotatable bonds is 6. The molecule has 0 aromatic carbocycles. The van der Waals surface area contributed by atoms with E-state index in [1.165, 1.54) is 12.8 Å². The van der Waals surface area contributed by atoms with E-state index in [1.54, 1.807) is 6.20 Å². The minimum absolute atomic E-state index is 0.694. The largest absolute Gasteiger partial charge is 0.356 e. The molecule has 2 heterocycles. The maximum Gasteiger partial charge on any atom is 0.128 e. The van der Waals surface area contributed by atoms with Gasteiger partial charge in [0, 0.05) is 31.9 Å². The molecule has 0 amide bonds. The van der Waals surface area contributed by atoms with E-state index < -0.39 is 0 Å². The van der Waals surface area contributed by atoms with Gasteiger partial charge in [0.05, 0.1) is 5.02 Å². The van der Waals surface area contributed by atoms with Gasteiger partial charge in [-0.05, 0) is 51.5 Å². The van der Waals surface area contributed by atoms with Crippen LogP contribution in [0, 0.1) is 0 Å². The van der Waals surface area contributed by atoms with Crippen LogP contribution in [-0.4, -0.2) is 49.7 Å². The van der Waals surface area contributed by atoms with Crippen LogP contribution in [0.4, 0.5) is 5.82 Å². The molecule has 1 N–H and O–H groups in total. The van der Waals surface area contributed by atoms with Crippen LogP contribution in [0.1, 0.15) is 31.7 Å². The van der Waals surface area contributed by atoms with Gasteiger partial charge in [0.15, 0.2) is 0 Å². The maximum atomic E-state index is 6.25. The predicted molar refractivity (Wildman–Crippen MR) is 90.2 cm³/mol. The van der Waals surface area contributed by atoms with E-state index in [0.717, 1.165) is 49.0 Å². The zero-order chi connectivity index (χ0) is 15.2. The van der Waals surface area contributed by atoms with Gasteiger partial charge in [0.1, 0.15) is 5.82 Å². The zero-order valence-electron chi connectivity index (χ0n) is 13.4. The molecule has 0 saturated carbocycles. The summed E-state index contributed by atoms with van der Waals surface area (Å²) in [5, 5.41) is 4.16. The van der Waals surface area contributed by atoms with E-state index in [-0.39, 0.29) is 0 Å². The number of hydrogen-bond donors (Lipinski definition) is 1. The number of aromatic nitrogens is 1. The number of halogens is 1. The van der Waals surface area contributed by atoms with Crippen LogP contribution in [0.3, 0.4) is 0 Å². The zero-order valence-corrected chi connectivity index (χ0v) is 14.2. The van der Waals surface area contributed by atoms with E-state index in [0.29, 0.717) is 6.04 Å². The molecule has 118 valence electrons. The number of anilines is 1. The molecule has 4 nitrogen and oxygen atoms in total. The van der Waals surface area contributed by atoms with Crippen molar-refractivity contribution in [1.82, 2.24) is 15.2 Å². The van der Waals surface area contributed by atoms with Crippen LogP contribution < -0.4 is 10.2 Å². The Hall–Kier alpha value is -0.840. The molecular weight excluding hydrogens is 284 g/mol. The Morgan fingerprint density at radius 1 is 1.38 bits per heavy atom. The Balaban J connectivity index is 1.99.